The van der Waals surface area contributed by atoms with Crippen LogP contribution in [0.5, 0.6) is 5.75 Å². The predicted octanol–water partition coefficient (Wildman–Crippen LogP) is 0.179. The van der Waals surface area contributed by atoms with Gasteiger partial charge in [-0.2, -0.15) is 0 Å². The molecule has 0 radical (unpaired) electrons. The molecule has 32 heavy (non-hydrogen) atoms. The summed E-state index contributed by atoms with van der Waals surface area (Å²) in [6, 6.07) is 3.01. The number of hydrogen-bond donors (Lipinski definition) is 6. The summed E-state index contributed by atoms with van der Waals surface area (Å²) >= 11 is 0. The Morgan fingerprint density at radius 3 is 2.53 bits per heavy atom. The van der Waals surface area contributed by atoms with Gasteiger partial charge in [0, 0.05) is 12.5 Å². The molecule has 0 saturated heterocycles. The van der Waals surface area contributed by atoms with E-state index in [1.165, 1.54) is 6.07 Å². The van der Waals surface area contributed by atoms with Crippen LogP contribution in [-0.4, -0.2) is 75.2 Å². The molecule has 0 bridgehead atoms. The standard InChI is InChI=1S/C22H32N2O8/c1-4-23-14(10-17(26)27)19(28)20(29)21(30)24-13(8-11(2)3)16-9-12-6-5-7-15(25)18(12)22(31)32-16/h5-7,11,13-14,16,19-20,23,25,28-29H,4,8-10H2,1-3H3,(H,24,30)(H,26,27)/t13-,14-,16-,19-,20-/m0/s1. The van der Waals surface area contributed by atoms with Crippen LogP contribution in [0.4, 0.5) is 0 Å². The number of aliphatic hydroxyl groups excluding tert-OH is 2. The molecule has 10 nitrogen and oxygen atoms in total. The van der Waals surface area contributed by atoms with E-state index in [-0.39, 0.29) is 23.7 Å². The summed E-state index contributed by atoms with van der Waals surface area (Å²) in [6.45, 7) is 5.88. The maximum Gasteiger partial charge on any atom is 0.342 e. The predicted molar refractivity (Wildman–Crippen MR) is 114 cm³/mol. The zero-order chi connectivity index (χ0) is 24.0. The summed E-state index contributed by atoms with van der Waals surface area (Å²) in [6.07, 6.45) is -4.08. The van der Waals surface area contributed by atoms with Gasteiger partial charge in [0.1, 0.15) is 23.5 Å². The van der Waals surface area contributed by atoms with Crippen molar-refractivity contribution in [1.82, 2.24) is 10.6 Å². The number of cyclic esters (lactones) is 1. The second-order valence-corrected chi connectivity index (χ2v) is 8.40. The molecule has 1 aliphatic heterocycles. The van der Waals surface area contributed by atoms with Gasteiger partial charge in [-0.05, 0) is 30.5 Å². The number of phenolic OH excluding ortho intramolecular Hbond substituents is 1. The van der Waals surface area contributed by atoms with Gasteiger partial charge in [-0.15, -0.1) is 0 Å². The van der Waals surface area contributed by atoms with Crippen molar-refractivity contribution < 1.29 is 39.5 Å². The highest BCUT2D eigenvalue weighted by Gasteiger charge is 2.38. The lowest BCUT2D eigenvalue weighted by Crippen LogP contribution is -2.56. The number of carbonyl (C=O) groups is 3. The topological polar surface area (TPSA) is 165 Å². The van der Waals surface area contributed by atoms with E-state index < -0.39 is 54.7 Å². The van der Waals surface area contributed by atoms with Gasteiger partial charge in [-0.25, -0.2) is 4.79 Å². The second kappa shape index (κ2) is 11.3. The number of aliphatic carboxylic acids is 1. The van der Waals surface area contributed by atoms with E-state index in [1.54, 1.807) is 19.1 Å². The first kappa shape index (κ1) is 25.6. The average molecular weight is 453 g/mol. The minimum Gasteiger partial charge on any atom is -0.507 e. The van der Waals surface area contributed by atoms with Crippen LogP contribution in [0.1, 0.15) is 49.5 Å². The number of aromatic hydroxyl groups is 1. The molecule has 6 N–H and O–H groups in total. The number of fused-ring (bicyclic) bond motifs is 1. The highest BCUT2D eigenvalue weighted by atomic mass is 16.5. The Labute approximate surface area is 186 Å². The van der Waals surface area contributed by atoms with E-state index in [4.69, 9.17) is 9.84 Å². The Morgan fingerprint density at radius 1 is 1.25 bits per heavy atom. The molecule has 2 rings (SSSR count). The highest BCUT2D eigenvalue weighted by molar-refractivity contribution is 5.95. The molecule has 0 unspecified atom stereocenters. The first-order chi connectivity index (χ1) is 15.0. The van der Waals surface area contributed by atoms with E-state index in [2.05, 4.69) is 10.6 Å². The van der Waals surface area contributed by atoms with Crippen molar-refractivity contribution in [2.45, 2.75) is 70.4 Å². The lowest BCUT2D eigenvalue weighted by Gasteiger charge is -2.34. The number of carbonyl (C=O) groups excluding carboxylic acids is 2. The van der Waals surface area contributed by atoms with E-state index in [0.717, 1.165) is 0 Å². The number of ether oxygens (including phenoxy) is 1. The van der Waals surface area contributed by atoms with E-state index in [0.29, 0.717) is 18.5 Å². The fraction of sp³-hybridized carbons (Fsp3) is 0.591. The van der Waals surface area contributed by atoms with E-state index >= 15 is 0 Å². The van der Waals surface area contributed by atoms with Crippen LogP contribution in [0.3, 0.4) is 0 Å². The van der Waals surface area contributed by atoms with Gasteiger partial charge >= 0.3 is 11.9 Å². The summed E-state index contributed by atoms with van der Waals surface area (Å²) < 4.78 is 5.49. The molecule has 1 aromatic carbocycles. The number of amides is 1. The third-order valence-corrected chi connectivity index (χ3v) is 5.38. The van der Waals surface area contributed by atoms with Crippen molar-refractivity contribution in [3.8, 4) is 5.75 Å². The van der Waals surface area contributed by atoms with Gasteiger partial charge in [0.2, 0.25) is 0 Å². The first-order valence-corrected chi connectivity index (χ1v) is 10.7. The molecule has 0 spiro atoms. The zero-order valence-corrected chi connectivity index (χ0v) is 18.4. The normalized spacial score (nSPS) is 19.4. The molecular formula is C22H32N2O8. The molecule has 1 heterocycles. The summed E-state index contributed by atoms with van der Waals surface area (Å²) in [5.74, 6) is -2.85. The van der Waals surface area contributed by atoms with Crippen molar-refractivity contribution in [3.63, 3.8) is 0 Å². The molecular weight excluding hydrogens is 420 g/mol. The van der Waals surface area contributed by atoms with E-state index in [9.17, 15) is 29.7 Å². The molecule has 178 valence electrons. The number of carboxylic acid groups (broad SMARTS) is 1. The van der Waals surface area contributed by atoms with Gasteiger partial charge in [0.05, 0.1) is 12.5 Å². The Kier molecular flexibility index (Phi) is 8.99. The maximum absolute atomic E-state index is 12.7. The Bertz CT molecular complexity index is 828. The smallest absolute Gasteiger partial charge is 0.342 e. The number of hydrogen-bond acceptors (Lipinski definition) is 8. The summed E-state index contributed by atoms with van der Waals surface area (Å²) in [4.78, 5) is 36.2. The van der Waals surface area contributed by atoms with Gasteiger partial charge in [0.15, 0.2) is 6.10 Å². The van der Waals surface area contributed by atoms with Crippen molar-refractivity contribution in [3.05, 3.63) is 29.3 Å². The molecule has 0 aromatic heterocycles. The quantitative estimate of drug-likeness (QED) is 0.257. The van der Waals surface area contributed by atoms with Crippen molar-refractivity contribution in [2.75, 3.05) is 6.54 Å². The van der Waals surface area contributed by atoms with Crippen LogP contribution in [0.2, 0.25) is 0 Å². The fourth-order valence-electron chi connectivity index (χ4n) is 3.89. The zero-order valence-electron chi connectivity index (χ0n) is 18.4. The number of likely N-dealkylation sites (N-methyl/N-ethyl adjacent to an activating group) is 1. The van der Waals surface area contributed by atoms with Crippen molar-refractivity contribution in [1.29, 1.82) is 0 Å². The number of aliphatic hydroxyl groups is 2. The molecule has 10 heteroatoms. The molecule has 1 aromatic rings. The van der Waals surface area contributed by atoms with Crippen LogP contribution in [0.15, 0.2) is 18.2 Å². The van der Waals surface area contributed by atoms with Crippen molar-refractivity contribution >= 4 is 17.8 Å². The molecule has 0 saturated carbocycles. The molecule has 5 atom stereocenters. The SMILES string of the molecule is CCN[C@@H](CC(=O)O)[C@H](O)[C@H](O)C(=O)N[C@@H](CC(C)C)[C@@H]1Cc2cccc(O)c2C(=O)O1. The minimum atomic E-state index is -1.89. The van der Waals surface area contributed by atoms with Gasteiger partial charge in [0.25, 0.3) is 5.91 Å². The Hall–Kier alpha value is -2.69. The Morgan fingerprint density at radius 2 is 1.94 bits per heavy atom. The second-order valence-electron chi connectivity index (χ2n) is 8.40. The molecule has 1 aliphatic rings. The minimum absolute atomic E-state index is 0.0935. The van der Waals surface area contributed by atoms with Gasteiger partial charge in [-0.1, -0.05) is 32.9 Å². The average Bonchev–Trinajstić information content (AvgIpc) is 2.70. The number of carboxylic acids is 1. The van der Waals surface area contributed by atoms with Crippen LogP contribution >= 0.6 is 0 Å². The lowest BCUT2D eigenvalue weighted by atomic mass is 9.90. The summed E-state index contributed by atoms with van der Waals surface area (Å²) in [5.41, 5.74) is 0.680. The largest absolute Gasteiger partial charge is 0.507 e. The number of benzene rings is 1. The lowest BCUT2D eigenvalue weighted by molar-refractivity contribution is -0.143. The number of esters is 1. The van der Waals surface area contributed by atoms with Crippen LogP contribution < -0.4 is 10.6 Å². The molecule has 1 amide bonds. The third-order valence-electron chi connectivity index (χ3n) is 5.38. The van der Waals surface area contributed by atoms with Crippen LogP contribution in [-0.2, 0) is 20.7 Å². The van der Waals surface area contributed by atoms with Crippen LogP contribution in [0, 0.1) is 5.92 Å². The number of phenols is 1. The van der Waals surface area contributed by atoms with Crippen molar-refractivity contribution in [2.24, 2.45) is 5.92 Å². The fourth-order valence-corrected chi connectivity index (χ4v) is 3.89. The highest BCUT2D eigenvalue weighted by Crippen LogP contribution is 2.30. The maximum atomic E-state index is 12.7. The monoisotopic (exact) mass is 452 g/mol. The van der Waals surface area contributed by atoms with Crippen LogP contribution in [0.25, 0.3) is 0 Å². The molecule has 0 fully saturated rings. The Balaban J connectivity index is 2.17. The number of rotatable bonds is 11. The van der Waals surface area contributed by atoms with E-state index in [1.807, 2.05) is 13.8 Å². The number of nitrogens with one attached hydrogen (secondary N) is 2. The third kappa shape index (κ3) is 6.41. The first-order valence-electron chi connectivity index (χ1n) is 10.7. The summed E-state index contributed by atoms with van der Waals surface area (Å²) in [5, 5.41) is 45.2. The van der Waals surface area contributed by atoms with Gasteiger partial charge in [-0.3, -0.25) is 9.59 Å². The van der Waals surface area contributed by atoms with Gasteiger partial charge < -0.3 is 35.8 Å². The molecule has 0 aliphatic carbocycles. The summed E-state index contributed by atoms with van der Waals surface area (Å²) in [7, 11) is 0.